The molecule has 0 saturated carbocycles. The van der Waals surface area contributed by atoms with Crippen LogP contribution in [-0.4, -0.2) is 190 Å². The van der Waals surface area contributed by atoms with Gasteiger partial charge in [-0.1, -0.05) is 0 Å². The summed E-state index contributed by atoms with van der Waals surface area (Å²) in [6.45, 7) is 27.2. The lowest BCUT2D eigenvalue weighted by Crippen LogP contribution is -2.64. The number of nitrogens with zero attached hydrogens (tertiary/aromatic N) is 9. The van der Waals surface area contributed by atoms with Crippen LogP contribution in [0.1, 0.15) is 12.8 Å². The minimum absolute atomic E-state index is 0.117. The first-order valence-corrected chi connectivity index (χ1v) is 17.2. The molecule has 13 nitrogen and oxygen atoms in total. The van der Waals surface area contributed by atoms with Crippen LogP contribution in [0.3, 0.4) is 0 Å². The summed E-state index contributed by atoms with van der Waals surface area (Å²) in [7, 11) is 0. The molecule has 6 aliphatic rings. The number of piperazine rings is 4. The van der Waals surface area contributed by atoms with E-state index >= 15 is 0 Å². The third-order valence-corrected chi connectivity index (χ3v) is 12.6. The summed E-state index contributed by atoms with van der Waals surface area (Å²) >= 11 is 0. The van der Waals surface area contributed by atoms with Crippen molar-refractivity contribution in [2.45, 2.75) is 12.8 Å². The topological polar surface area (TPSA) is 99.5 Å². The normalized spacial score (nSPS) is 28.6. The van der Waals surface area contributed by atoms with E-state index in [1.807, 2.05) is 0 Å². The maximum atomic E-state index is 12.6. The standard InChI is InChI=1S/C30H55N11O2/c42-37(43)28-29(35-7-19-40(20-8-35)13-1-11-38(23-25-40)15-3-31-4-16-38)33-27-34-30(28)36-9-21-41(22-10-36)14-2-12-39(24-26-41)17-5-32-6-18-39/h27,31-32H,1-26H2/q+4. The molecule has 0 unspecified atom stereocenters. The molecule has 0 radical (unpaired) electrons. The van der Waals surface area contributed by atoms with Crippen molar-refractivity contribution < 1.29 is 22.9 Å². The largest absolute Gasteiger partial charge is 0.353 e. The van der Waals surface area contributed by atoms with Crippen LogP contribution in [0.5, 0.6) is 0 Å². The Morgan fingerprint density at radius 2 is 0.907 bits per heavy atom. The lowest BCUT2D eigenvalue weighted by Gasteiger charge is -2.46. The van der Waals surface area contributed by atoms with Gasteiger partial charge >= 0.3 is 5.69 Å². The first kappa shape index (κ1) is 29.5. The molecule has 6 fully saturated rings. The predicted octanol–water partition coefficient (Wildman–Crippen LogP) is -0.694. The number of nitrogens with one attached hydrogen (secondary N) is 2. The van der Waals surface area contributed by atoms with Crippen molar-refractivity contribution in [2.24, 2.45) is 0 Å². The fraction of sp³-hybridized carbons (Fsp3) is 0.867. The van der Waals surface area contributed by atoms with Crippen LogP contribution in [0.15, 0.2) is 6.33 Å². The Balaban J connectivity index is 1.01. The summed E-state index contributed by atoms with van der Waals surface area (Å²) in [6.07, 6.45) is 4.14. The Kier molecular flexibility index (Phi) is 8.23. The minimum Gasteiger partial charge on any atom is -0.339 e. The molecule has 6 saturated heterocycles. The Morgan fingerprint density at radius 1 is 0.558 bits per heavy atom. The van der Waals surface area contributed by atoms with Gasteiger partial charge in [0, 0.05) is 39.0 Å². The van der Waals surface area contributed by atoms with Gasteiger partial charge in [0.15, 0.2) is 0 Å². The van der Waals surface area contributed by atoms with E-state index in [1.54, 1.807) is 6.33 Å². The Morgan fingerprint density at radius 3 is 1.26 bits per heavy atom. The number of hydrogen-bond donors (Lipinski definition) is 2. The first-order chi connectivity index (χ1) is 20.9. The molecule has 7 heterocycles. The van der Waals surface area contributed by atoms with Gasteiger partial charge in [0.25, 0.3) is 0 Å². The second-order valence-corrected chi connectivity index (χ2v) is 14.8. The number of hydrogen-bond acceptors (Lipinski definition) is 8. The van der Waals surface area contributed by atoms with Crippen molar-refractivity contribution in [3.63, 3.8) is 0 Å². The zero-order valence-electron chi connectivity index (χ0n) is 26.3. The molecular formula is C30H55N11O2+4. The van der Waals surface area contributed by atoms with Crippen molar-refractivity contribution >= 4 is 17.3 Å². The second-order valence-electron chi connectivity index (χ2n) is 14.8. The van der Waals surface area contributed by atoms with Gasteiger partial charge in [-0.05, 0) is 0 Å². The van der Waals surface area contributed by atoms with E-state index in [0.29, 0.717) is 11.6 Å². The number of quaternary nitrogens is 4. The average molecular weight is 602 g/mol. The lowest BCUT2D eigenvalue weighted by molar-refractivity contribution is -0.964. The maximum Gasteiger partial charge on any atom is 0.353 e. The number of rotatable bonds is 3. The minimum atomic E-state index is -0.211. The SMILES string of the molecule is O=[N+]([O-])c1c(N2CC[N+]3(CCC[N+]4(CCNCC4)CC3)CC2)ncnc1N1CC[N+]2(CCC[N+]3(CCNCC3)CC2)CC1. The van der Waals surface area contributed by atoms with Gasteiger partial charge in [-0.25, -0.2) is 9.97 Å². The van der Waals surface area contributed by atoms with E-state index < -0.39 is 0 Å². The Hall–Kier alpha value is -2.16. The van der Waals surface area contributed by atoms with Gasteiger partial charge in [-0.3, -0.25) is 10.1 Å². The van der Waals surface area contributed by atoms with Gasteiger partial charge in [0.2, 0.25) is 11.6 Å². The van der Waals surface area contributed by atoms with Crippen LogP contribution in [0.2, 0.25) is 0 Å². The maximum absolute atomic E-state index is 12.6. The summed E-state index contributed by atoms with van der Waals surface area (Å²) in [6, 6.07) is 0. The molecule has 1 aromatic rings. The Labute approximate surface area is 256 Å². The highest BCUT2D eigenvalue weighted by Gasteiger charge is 2.45. The van der Waals surface area contributed by atoms with Crippen molar-refractivity contribution in [3.8, 4) is 0 Å². The van der Waals surface area contributed by atoms with E-state index in [2.05, 4.69) is 30.4 Å². The molecule has 0 amide bonds. The summed E-state index contributed by atoms with van der Waals surface area (Å²) < 4.78 is 4.89. The van der Waals surface area contributed by atoms with Crippen LogP contribution >= 0.6 is 0 Å². The molecule has 1 aromatic heterocycles. The third-order valence-electron chi connectivity index (χ3n) is 12.6. The van der Waals surface area contributed by atoms with E-state index in [9.17, 15) is 10.1 Å². The smallest absolute Gasteiger partial charge is 0.339 e. The highest BCUT2D eigenvalue weighted by Crippen LogP contribution is 2.36. The molecular weight excluding hydrogens is 546 g/mol. The summed E-state index contributed by atoms with van der Waals surface area (Å²) in [5.74, 6) is 1.06. The first-order valence-electron chi connectivity index (χ1n) is 17.2. The fourth-order valence-corrected chi connectivity index (χ4v) is 9.50. The molecule has 0 bridgehead atoms. The monoisotopic (exact) mass is 601 g/mol. The lowest BCUT2D eigenvalue weighted by atomic mass is 10.2. The molecule has 0 aromatic carbocycles. The predicted molar refractivity (Wildman–Crippen MR) is 167 cm³/mol. The molecule has 43 heavy (non-hydrogen) atoms. The summed E-state index contributed by atoms with van der Waals surface area (Å²) in [5.41, 5.74) is 0.117. The number of anilines is 2. The summed E-state index contributed by atoms with van der Waals surface area (Å²) in [4.78, 5) is 25.9. The molecule has 0 aliphatic carbocycles. The van der Waals surface area contributed by atoms with E-state index in [4.69, 9.17) is 0 Å². The third kappa shape index (κ3) is 5.96. The summed E-state index contributed by atoms with van der Waals surface area (Å²) in [5, 5.41) is 19.7. The molecule has 13 heteroatoms. The van der Waals surface area contributed by atoms with Crippen LogP contribution in [-0.2, 0) is 0 Å². The Bertz CT molecular complexity index is 1060. The van der Waals surface area contributed by atoms with Crippen LogP contribution in [0, 0.1) is 10.1 Å². The van der Waals surface area contributed by atoms with Crippen molar-refractivity contribution in [1.29, 1.82) is 0 Å². The van der Waals surface area contributed by atoms with Gasteiger partial charge in [-0.2, -0.15) is 0 Å². The van der Waals surface area contributed by atoms with Gasteiger partial charge in [0.05, 0.1) is 110 Å². The number of aromatic nitrogens is 2. The van der Waals surface area contributed by atoms with Gasteiger partial charge in [-0.15, -0.1) is 0 Å². The molecule has 2 N–H and O–H groups in total. The van der Waals surface area contributed by atoms with Crippen LogP contribution < -0.4 is 20.4 Å². The average Bonchev–Trinajstić information content (AvgIpc) is 3.31. The highest BCUT2D eigenvalue weighted by molar-refractivity contribution is 5.71. The number of nitro groups is 1. The molecule has 238 valence electrons. The van der Waals surface area contributed by atoms with Crippen molar-refractivity contribution in [2.75, 3.05) is 167 Å². The van der Waals surface area contributed by atoms with E-state index in [1.165, 1.54) is 100 Å². The zero-order chi connectivity index (χ0) is 29.4. The highest BCUT2D eigenvalue weighted by atomic mass is 16.6. The molecule has 4 spiro atoms. The van der Waals surface area contributed by atoms with Gasteiger partial charge in [0.1, 0.15) is 32.5 Å². The van der Waals surface area contributed by atoms with Crippen LogP contribution in [0.4, 0.5) is 17.3 Å². The zero-order valence-corrected chi connectivity index (χ0v) is 26.3. The van der Waals surface area contributed by atoms with Crippen molar-refractivity contribution in [3.05, 3.63) is 16.4 Å². The molecule has 0 atom stereocenters. The molecule has 7 rings (SSSR count). The molecule has 6 aliphatic heterocycles. The van der Waals surface area contributed by atoms with E-state index in [-0.39, 0.29) is 10.6 Å². The fourth-order valence-electron chi connectivity index (χ4n) is 9.50. The quantitative estimate of drug-likeness (QED) is 0.267. The van der Waals surface area contributed by atoms with Crippen LogP contribution in [0.25, 0.3) is 0 Å². The van der Waals surface area contributed by atoms with Gasteiger partial charge < -0.3 is 38.4 Å². The van der Waals surface area contributed by atoms with Crippen molar-refractivity contribution in [1.82, 2.24) is 20.6 Å². The van der Waals surface area contributed by atoms with E-state index in [0.717, 1.165) is 87.5 Å². The second kappa shape index (κ2) is 12.0.